The normalized spacial score (nSPS) is 15.7. The van der Waals surface area contributed by atoms with E-state index < -0.39 is 0 Å². The number of benzene rings is 2. The molecule has 1 atom stereocenters. The second kappa shape index (κ2) is 7.28. The molecule has 4 rings (SSSR count). The van der Waals surface area contributed by atoms with Crippen molar-refractivity contribution in [1.82, 2.24) is 15.1 Å². The van der Waals surface area contributed by atoms with Crippen LogP contribution in [0.3, 0.4) is 0 Å². The predicted molar refractivity (Wildman–Crippen MR) is 111 cm³/mol. The van der Waals surface area contributed by atoms with Gasteiger partial charge in [-0.15, -0.1) is 0 Å². The van der Waals surface area contributed by atoms with Gasteiger partial charge in [-0.05, 0) is 55.2 Å². The fourth-order valence-corrected chi connectivity index (χ4v) is 4.27. The Morgan fingerprint density at radius 1 is 1.24 bits per heavy atom. The van der Waals surface area contributed by atoms with Gasteiger partial charge in [0, 0.05) is 17.7 Å². The largest absolute Gasteiger partial charge is 0.507 e. The molecule has 0 saturated carbocycles. The first kappa shape index (κ1) is 19.1. The molecule has 0 bridgehead atoms. The lowest BCUT2D eigenvalue weighted by Crippen LogP contribution is -2.30. The standard InChI is InChI=1S/C23H25N3O3/c1-5-9-26-22(15-7-6-8-16(12-15)29-4)19-20(24-25-21(19)23(26)28)18-14(3)10-13(2)11-17(18)27/h6-8,10-12,22,27H,5,9H2,1-4H3,(H,24,25)/t22-/m0/s1. The number of nitrogens with zero attached hydrogens (tertiary/aromatic N) is 2. The summed E-state index contributed by atoms with van der Waals surface area (Å²) in [7, 11) is 1.63. The number of phenols is 1. The second-order valence-electron chi connectivity index (χ2n) is 7.51. The van der Waals surface area contributed by atoms with E-state index in [4.69, 9.17) is 4.74 Å². The van der Waals surface area contributed by atoms with Crippen LogP contribution in [0.1, 0.15) is 52.1 Å². The van der Waals surface area contributed by atoms with E-state index in [2.05, 4.69) is 17.1 Å². The number of nitrogens with one attached hydrogen (secondary N) is 1. The molecule has 150 valence electrons. The summed E-state index contributed by atoms with van der Waals surface area (Å²) in [6.45, 7) is 6.57. The number of hydrogen-bond acceptors (Lipinski definition) is 4. The van der Waals surface area contributed by atoms with Crippen LogP contribution < -0.4 is 4.74 Å². The molecule has 6 heteroatoms. The molecule has 3 aromatic rings. The SMILES string of the molecule is CCCN1C(=O)c2[nH]nc(-c3c(C)cc(C)cc3O)c2[C@@H]1c1cccc(OC)c1. The summed E-state index contributed by atoms with van der Waals surface area (Å²) in [5.74, 6) is 0.833. The molecule has 2 aromatic carbocycles. The van der Waals surface area contributed by atoms with Crippen LogP contribution in [0.2, 0.25) is 0 Å². The third kappa shape index (κ3) is 3.05. The van der Waals surface area contributed by atoms with Crippen molar-refractivity contribution in [2.24, 2.45) is 0 Å². The molecule has 0 fully saturated rings. The van der Waals surface area contributed by atoms with Gasteiger partial charge in [0.15, 0.2) is 0 Å². The Morgan fingerprint density at radius 2 is 2.03 bits per heavy atom. The molecule has 2 N–H and O–H groups in total. The molecule has 1 aliphatic rings. The number of H-pyrrole nitrogens is 1. The Labute approximate surface area is 170 Å². The minimum absolute atomic E-state index is 0.0716. The summed E-state index contributed by atoms with van der Waals surface area (Å²) in [6, 6.07) is 11.2. The Morgan fingerprint density at radius 3 is 2.72 bits per heavy atom. The van der Waals surface area contributed by atoms with Crippen molar-refractivity contribution in [3.8, 4) is 22.8 Å². The highest BCUT2D eigenvalue weighted by atomic mass is 16.5. The topological polar surface area (TPSA) is 78.5 Å². The lowest BCUT2D eigenvalue weighted by molar-refractivity contribution is 0.0744. The van der Waals surface area contributed by atoms with Crippen molar-refractivity contribution in [2.45, 2.75) is 33.2 Å². The van der Waals surface area contributed by atoms with Gasteiger partial charge < -0.3 is 14.7 Å². The van der Waals surface area contributed by atoms with Crippen LogP contribution in [-0.2, 0) is 0 Å². The van der Waals surface area contributed by atoms with E-state index in [-0.39, 0.29) is 17.7 Å². The summed E-state index contributed by atoms with van der Waals surface area (Å²) < 4.78 is 5.41. The van der Waals surface area contributed by atoms with Crippen LogP contribution in [-0.4, -0.2) is 39.8 Å². The van der Waals surface area contributed by atoms with E-state index in [1.54, 1.807) is 13.2 Å². The molecule has 1 aromatic heterocycles. The van der Waals surface area contributed by atoms with Crippen LogP contribution in [0.25, 0.3) is 11.3 Å². The Hall–Kier alpha value is -3.28. The van der Waals surface area contributed by atoms with E-state index in [0.29, 0.717) is 23.5 Å². The molecule has 1 amide bonds. The monoisotopic (exact) mass is 391 g/mol. The highest BCUT2D eigenvalue weighted by Crippen LogP contribution is 2.45. The van der Waals surface area contributed by atoms with Crippen LogP contribution in [0, 0.1) is 13.8 Å². The Kier molecular flexibility index (Phi) is 4.78. The fourth-order valence-electron chi connectivity index (χ4n) is 4.27. The molecule has 0 radical (unpaired) electrons. The second-order valence-corrected chi connectivity index (χ2v) is 7.51. The van der Waals surface area contributed by atoms with Gasteiger partial charge in [-0.3, -0.25) is 9.89 Å². The van der Waals surface area contributed by atoms with Crippen molar-refractivity contribution in [2.75, 3.05) is 13.7 Å². The first-order valence-corrected chi connectivity index (χ1v) is 9.80. The van der Waals surface area contributed by atoms with Gasteiger partial charge in [0.2, 0.25) is 0 Å². The maximum Gasteiger partial charge on any atom is 0.273 e. The van der Waals surface area contributed by atoms with Crippen LogP contribution in [0.15, 0.2) is 36.4 Å². The molecular weight excluding hydrogens is 366 g/mol. The van der Waals surface area contributed by atoms with E-state index in [9.17, 15) is 9.90 Å². The Bertz CT molecular complexity index is 1060. The maximum absolute atomic E-state index is 13.2. The zero-order chi connectivity index (χ0) is 20.7. The minimum Gasteiger partial charge on any atom is -0.507 e. The number of methoxy groups -OCH3 is 1. The van der Waals surface area contributed by atoms with Gasteiger partial charge >= 0.3 is 0 Å². The van der Waals surface area contributed by atoms with E-state index in [1.807, 2.05) is 49.1 Å². The summed E-state index contributed by atoms with van der Waals surface area (Å²) in [6.07, 6.45) is 0.841. The van der Waals surface area contributed by atoms with Crippen LogP contribution >= 0.6 is 0 Å². The van der Waals surface area contributed by atoms with Crippen molar-refractivity contribution in [3.05, 3.63) is 64.3 Å². The quantitative estimate of drug-likeness (QED) is 0.677. The zero-order valence-electron chi connectivity index (χ0n) is 17.1. The molecule has 0 spiro atoms. The highest BCUT2D eigenvalue weighted by molar-refractivity contribution is 6.00. The van der Waals surface area contributed by atoms with Gasteiger partial charge in [-0.1, -0.05) is 25.1 Å². The van der Waals surface area contributed by atoms with E-state index in [0.717, 1.165) is 34.4 Å². The summed E-state index contributed by atoms with van der Waals surface area (Å²) >= 11 is 0. The third-order valence-corrected chi connectivity index (χ3v) is 5.43. The van der Waals surface area contributed by atoms with Gasteiger partial charge in [0.05, 0.1) is 13.2 Å². The molecule has 0 unspecified atom stereocenters. The van der Waals surface area contributed by atoms with Gasteiger partial charge in [0.1, 0.15) is 22.9 Å². The lowest BCUT2D eigenvalue weighted by atomic mass is 9.93. The fraction of sp³-hybridized carbons (Fsp3) is 0.304. The van der Waals surface area contributed by atoms with Crippen molar-refractivity contribution in [3.63, 3.8) is 0 Å². The maximum atomic E-state index is 13.2. The number of amides is 1. The van der Waals surface area contributed by atoms with Crippen molar-refractivity contribution in [1.29, 1.82) is 0 Å². The number of ether oxygens (including phenoxy) is 1. The lowest BCUT2D eigenvalue weighted by Gasteiger charge is -2.26. The molecule has 0 saturated heterocycles. The number of aryl methyl sites for hydroxylation is 2. The minimum atomic E-state index is -0.290. The number of phenolic OH excluding ortho intramolecular Hbond substituents is 1. The van der Waals surface area contributed by atoms with Crippen LogP contribution in [0.5, 0.6) is 11.5 Å². The number of aromatic nitrogens is 2. The highest BCUT2D eigenvalue weighted by Gasteiger charge is 2.42. The van der Waals surface area contributed by atoms with Gasteiger partial charge in [-0.25, -0.2) is 0 Å². The predicted octanol–water partition coefficient (Wildman–Crippen LogP) is 4.36. The number of carbonyl (C=O) groups excluding carboxylic acids is 1. The number of aromatic hydroxyl groups is 1. The van der Waals surface area contributed by atoms with Crippen LogP contribution in [0.4, 0.5) is 0 Å². The first-order chi connectivity index (χ1) is 14.0. The number of fused-ring (bicyclic) bond motifs is 1. The van der Waals surface area contributed by atoms with Crippen molar-refractivity contribution < 1.29 is 14.6 Å². The summed E-state index contributed by atoms with van der Waals surface area (Å²) in [5.41, 5.74) is 5.42. The summed E-state index contributed by atoms with van der Waals surface area (Å²) in [4.78, 5) is 15.0. The molecular formula is C23H25N3O3. The molecule has 29 heavy (non-hydrogen) atoms. The molecule has 2 heterocycles. The summed E-state index contributed by atoms with van der Waals surface area (Å²) in [5, 5.41) is 18.1. The number of carbonyl (C=O) groups is 1. The third-order valence-electron chi connectivity index (χ3n) is 5.43. The number of aromatic amines is 1. The molecule has 1 aliphatic heterocycles. The van der Waals surface area contributed by atoms with E-state index >= 15 is 0 Å². The molecule has 0 aliphatic carbocycles. The number of rotatable bonds is 5. The first-order valence-electron chi connectivity index (χ1n) is 9.80. The van der Waals surface area contributed by atoms with Gasteiger partial charge in [-0.2, -0.15) is 5.10 Å². The molecule has 6 nitrogen and oxygen atoms in total. The average molecular weight is 391 g/mol. The van der Waals surface area contributed by atoms with E-state index in [1.165, 1.54) is 0 Å². The van der Waals surface area contributed by atoms with Gasteiger partial charge in [0.25, 0.3) is 5.91 Å². The zero-order valence-corrected chi connectivity index (χ0v) is 17.1. The van der Waals surface area contributed by atoms with Crippen molar-refractivity contribution >= 4 is 5.91 Å². The average Bonchev–Trinajstić information content (AvgIpc) is 3.21. The smallest absolute Gasteiger partial charge is 0.273 e. The number of hydrogen-bond donors (Lipinski definition) is 2. The Balaban J connectivity index is 1.94.